The lowest BCUT2D eigenvalue weighted by Crippen LogP contribution is -2.21. The van der Waals surface area contributed by atoms with Crippen LogP contribution in [0.3, 0.4) is 0 Å². The third kappa shape index (κ3) is 4.13. The predicted molar refractivity (Wildman–Crippen MR) is 72.7 cm³/mol. The van der Waals surface area contributed by atoms with Crippen molar-refractivity contribution in [3.63, 3.8) is 0 Å². The van der Waals surface area contributed by atoms with Gasteiger partial charge in [-0.25, -0.2) is 14.4 Å². The van der Waals surface area contributed by atoms with Gasteiger partial charge >= 0.3 is 0 Å². The van der Waals surface area contributed by atoms with Crippen LogP contribution in [0.1, 0.15) is 44.7 Å². The monoisotopic (exact) mass is 267 g/mol. The summed E-state index contributed by atoms with van der Waals surface area (Å²) in [6, 6.07) is 0. The number of ether oxygens (including phenoxy) is 1. The molecule has 0 spiro atoms. The zero-order chi connectivity index (χ0) is 13.5. The van der Waals surface area contributed by atoms with Crippen molar-refractivity contribution in [2.75, 3.05) is 18.5 Å². The van der Waals surface area contributed by atoms with Gasteiger partial charge in [-0.1, -0.05) is 26.2 Å². The largest absolute Gasteiger partial charge is 0.376 e. The lowest BCUT2D eigenvalue weighted by atomic mass is 9.98. The molecule has 0 atom stereocenters. The van der Waals surface area contributed by atoms with E-state index in [0.29, 0.717) is 31.4 Å². The molecule has 0 aliphatic heterocycles. The molecule has 1 heterocycles. The van der Waals surface area contributed by atoms with Crippen molar-refractivity contribution in [1.82, 2.24) is 9.97 Å². The van der Waals surface area contributed by atoms with Gasteiger partial charge in [0, 0.05) is 6.54 Å². The Morgan fingerprint density at radius 1 is 1.32 bits per heavy atom. The minimum absolute atomic E-state index is 0.277. The molecule has 1 aromatic heterocycles. The normalized spacial score (nSPS) is 16.5. The first-order valence-corrected chi connectivity index (χ1v) is 7.16. The number of rotatable bonds is 6. The zero-order valence-corrected chi connectivity index (χ0v) is 11.5. The van der Waals surface area contributed by atoms with E-state index in [1.54, 1.807) is 0 Å². The molecule has 0 amide bonds. The zero-order valence-electron chi connectivity index (χ0n) is 11.5. The number of anilines is 1. The summed E-state index contributed by atoms with van der Waals surface area (Å²) in [5.74, 6) is -0.0678. The lowest BCUT2D eigenvalue weighted by molar-refractivity contribution is 0.0347. The van der Waals surface area contributed by atoms with Crippen LogP contribution in [0.2, 0.25) is 0 Å². The highest BCUT2D eigenvalue weighted by Crippen LogP contribution is 2.20. The Labute approximate surface area is 113 Å². The number of nitrogens with one attached hydrogen (secondary N) is 1. The first kappa shape index (κ1) is 14.2. The molecule has 0 saturated heterocycles. The van der Waals surface area contributed by atoms with E-state index in [1.165, 1.54) is 25.6 Å². The van der Waals surface area contributed by atoms with Crippen LogP contribution >= 0.6 is 0 Å². The topological polar surface area (TPSA) is 47.0 Å². The Kier molecular flexibility index (Phi) is 5.51. The van der Waals surface area contributed by atoms with Crippen LogP contribution in [-0.4, -0.2) is 29.2 Å². The molecule has 0 radical (unpaired) electrons. The molecular formula is C14H22FN3O. The van der Waals surface area contributed by atoms with E-state index in [-0.39, 0.29) is 11.6 Å². The summed E-state index contributed by atoms with van der Waals surface area (Å²) >= 11 is 0. The van der Waals surface area contributed by atoms with Crippen LogP contribution in [0, 0.1) is 5.82 Å². The smallest absolute Gasteiger partial charge is 0.186 e. The summed E-state index contributed by atoms with van der Waals surface area (Å²) < 4.78 is 19.6. The molecule has 106 valence electrons. The van der Waals surface area contributed by atoms with Gasteiger partial charge in [0.2, 0.25) is 0 Å². The maximum absolute atomic E-state index is 13.8. The fourth-order valence-electron chi connectivity index (χ4n) is 2.40. The van der Waals surface area contributed by atoms with Gasteiger partial charge in [-0.05, 0) is 19.3 Å². The number of aryl methyl sites for hydroxylation is 1. The van der Waals surface area contributed by atoms with Crippen LogP contribution in [-0.2, 0) is 11.2 Å². The Balaban J connectivity index is 1.73. The van der Waals surface area contributed by atoms with E-state index in [4.69, 9.17) is 4.74 Å². The molecule has 1 fully saturated rings. The van der Waals surface area contributed by atoms with E-state index in [0.717, 1.165) is 12.8 Å². The average molecular weight is 267 g/mol. The van der Waals surface area contributed by atoms with Crippen molar-refractivity contribution in [2.24, 2.45) is 0 Å². The number of halogens is 1. The highest BCUT2D eigenvalue weighted by Gasteiger charge is 2.13. The lowest BCUT2D eigenvalue weighted by Gasteiger charge is -2.22. The highest BCUT2D eigenvalue weighted by atomic mass is 19.1. The predicted octanol–water partition coefficient (Wildman–Crippen LogP) is 2.94. The third-order valence-electron chi connectivity index (χ3n) is 3.50. The summed E-state index contributed by atoms with van der Waals surface area (Å²) in [6.07, 6.45) is 8.51. The van der Waals surface area contributed by atoms with E-state index >= 15 is 0 Å². The molecule has 1 aliphatic carbocycles. The second-order valence-corrected chi connectivity index (χ2v) is 4.89. The highest BCUT2D eigenvalue weighted by molar-refractivity contribution is 5.37. The fourth-order valence-corrected chi connectivity index (χ4v) is 2.40. The molecule has 0 aromatic carbocycles. The number of hydrogen-bond donors (Lipinski definition) is 1. The van der Waals surface area contributed by atoms with Gasteiger partial charge in [0.1, 0.15) is 6.33 Å². The number of hydrogen-bond acceptors (Lipinski definition) is 4. The van der Waals surface area contributed by atoms with Gasteiger partial charge in [-0.3, -0.25) is 0 Å². The third-order valence-corrected chi connectivity index (χ3v) is 3.50. The molecule has 1 aromatic rings. The van der Waals surface area contributed by atoms with Crippen molar-refractivity contribution in [2.45, 2.75) is 51.6 Å². The quantitative estimate of drug-likeness (QED) is 0.805. The summed E-state index contributed by atoms with van der Waals surface area (Å²) in [5.41, 5.74) is 0.450. The van der Waals surface area contributed by atoms with E-state index < -0.39 is 0 Å². The minimum atomic E-state index is -0.345. The fraction of sp³-hybridized carbons (Fsp3) is 0.714. The Morgan fingerprint density at radius 3 is 2.84 bits per heavy atom. The summed E-state index contributed by atoms with van der Waals surface area (Å²) in [7, 11) is 0. The molecule has 0 bridgehead atoms. The van der Waals surface area contributed by atoms with Crippen molar-refractivity contribution in [1.29, 1.82) is 0 Å². The van der Waals surface area contributed by atoms with Crippen molar-refractivity contribution < 1.29 is 9.13 Å². The Hall–Kier alpha value is -1.23. The Bertz CT molecular complexity index is 394. The second-order valence-electron chi connectivity index (χ2n) is 4.89. The van der Waals surface area contributed by atoms with Crippen molar-refractivity contribution in [3.8, 4) is 0 Å². The SMILES string of the molecule is CCc1ncnc(NCCOC2CCCCC2)c1F. The molecular weight excluding hydrogens is 245 g/mol. The average Bonchev–Trinajstić information content (AvgIpc) is 2.46. The maximum Gasteiger partial charge on any atom is 0.186 e. The van der Waals surface area contributed by atoms with E-state index in [1.807, 2.05) is 6.92 Å². The first-order chi connectivity index (χ1) is 9.31. The van der Waals surface area contributed by atoms with Crippen molar-refractivity contribution >= 4 is 5.82 Å². The first-order valence-electron chi connectivity index (χ1n) is 7.16. The number of aromatic nitrogens is 2. The second kappa shape index (κ2) is 7.38. The summed E-state index contributed by atoms with van der Waals surface area (Å²) in [5, 5.41) is 2.98. The number of nitrogens with zero attached hydrogens (tertiary/aromatic N) is 2. The molecule has 4 nitrogen and oxygen atoms in total. The van der Waals surface area contributed by atoms with Crippen LogP contribution in [0.5, 0.6) is 0 Å². The van der Waals surface area contributed by atoms with Gasteiger partial charge in [0.05, 0.1) is 18.4 Å². The minimum Gasteiger partial charge on any atom is -0.376 e. The summed E-state index contributed by atoms with van der Waals surface area (Å²) in [4.78, 5) is 7.82. The Morgan fingerprint density at radius 2 is 2.11 bits per heavy atom. The molecule has 2 rings (SSSR count). The molecule has 5 heteroatoms. The van der Waals surface area contributed by atoms with Crippen LogP contribution in [0.15, 0.2) is 6.33 Å². The van der Waals surface area contributed by atoms with Gasteiger partial charge < -0.3 is 10.1 Å². The van der Waals surface area contributed by atoms with Crippen LogP contribution in [0.4, 0.5) is 10.2 Å². The van der Waals surface area contributed by atoms with E-state index in [9.17, 15) is 4.39 Å². The molecule has 1 saturated carbocycles. The van der Waals surface area contributed by atoms with Crippen molar-refractivity contribution in [3.05, 3.63) is 17.8 Å². The van der Waals surface area contributed by atoms with Crippen LogP contribution in [0.25, 0.3) is 0 Å². The molecule has 1 aliphatic rings. The standard InChI is InChI=1S/C14H22FN3O/c1-2-12-13(15)14(18-10-17-12)16-8-9-19-11-6-4-3-5-7-11/h10-11H,2-9H2,1H3,(H,16,17,18). The van der Waals surface area contributed by atoms with E-state index in [2.05, 4.69) is 15.3 Å². The van der Waals surface area contributed by atoms with Gasteiger partial charge in [-0.2, -0.15) is 0 Å². The van der Waals surface area contributed by atoms with Crippen LogP contribution < -0.4 is 5.32 Å². The van der Waals surface area contributed by atoms with Gasteiger partial charge in [0.25, 0.3) is 0 Å². The maximum atomic E-state index is 13.8. The molecule has 19 heavy (non-hydrogen) atoms. The van der Waals surface area contributed by atoms with Gasteiger partial charge in [0.15, 0.2) is 11.6 Å². The molecule has 0 unspecified atom stereocenters. The molecule has 1 N–H and O–H groups in total. The van der Waals surface area contributed by atoms with Gasteiger partial charge in [-0.15, -0.1) is 0 Å². The summed E-state index contributed by atoms with van der Waals surface area (Å²) in [6.45, 7) is 3.05.